The summed E-state index contributed by atoms with van der Waals surface area (Å²) in [6.07, 6.45) is 0. The van der Waals surface area contributed by atoms with Gasteiger partial charge in [0.15, 0.2) is 6.54 Å². The number of pyridine rings is 1. The molecule has 3 aromatic rings. The Morgan fingerprint density at radius 2 is 1.68 bits per heavy atom. The number of nitro groups is 1. The second kappa shape index (κ2) is 6.22. The second-order valence-electron chi connectivity index (χ2n) is 4.91. The van der Waals surface area contributed by atoms with E-state index in [1.807, 2.05) is 65.2 Å². The molecular formula is C17H15N2O3+. The van der Waals surface area contributed by atoms with Crippen LogP contribution >= 0.6 is 0 Å². The van der Waals surface area contributed by atoms with Gasteiger partial charge in [0, 0.05) is 17.0 Å². The normalized spacial score (nSPS) is 10.5. The first kappa shape index (κ1) is 14.0. The van der Waals surface area contributed by atoms with Crippen molar-refractivity contribution in [2.24, 2.45) is 0 Å². The van der Waals surface area contributed by atoms with Crippen molar-refractivity contribution < 1.29 is 14.2 Å². The molecule has 0 bridgehead atoms. The van der Waals surface area contributed by atoms with Gasteiger partial charge in [0.1, 0.15) is 0 Å². The van der Waals surface area contributed by atoms with Gasteiger partial charge in [-0.2, -0.15) is 4.57 Å². The van der Waals surface area contributed by atoms with Crippen LogP contribution in [0, 0.1) is 10.1 Å². The third-order valence-corrected chi connectivity index (χ3v) is 3.40. The number of aromatic nitrogens is 1. The molecule has 110 valence electrons. The van der Waals surface area contributed by atoms with Crippen molar-refractivity contribution in [3.05, 3.63) is 82.4 Å². The molecule has 0 amide bonds. The Morgan fingerprint density at radius 1 is 0.955 bits per heavy atom. The maximum atomic E-state index is 10.6. The van der Waals surface area contributed by atoms with E-state index in [0.29, 0.717) is 12.4 Å². The number of para-hydroxylation sites is 1. The van der Waals surface area contributed by atoms with Crippen LogP contribution in [0.25, 0.3) is 10.9 Å². The average Bonchev–Trinajstić information content (AvgIpc) is 2.55. The summed E-state index contributed by atoms with van der Waals surface area (Å²) in [7, 11) is 0. The Bertz CT molecular complexity index is 803. The first-order valence-electron chi connectivity index (χ1n) is 6.94. The number of hydrogen-bond donors (Lipinski definition) is 0. The van der Waals surface area contributed by atoms with E-state index in [-0.39, 0.29) is 0 Å². The van der Waals surface area contributed by atoms with Crippen molar-refractivity contribution in [2.75, 3.05) is 6.73 Å². The maximum absolute atomic E-state index is 10.6. The van der Waals surface area contributed by atoms with Crippen molar-refractivity contribution in [3.63, 3.8) is 0 Å². The molecule has 0 aliphatic carbocycles. The Hall–Kier alpha value is -2.95. The summed E-state index contributed by atoms with van der Waals surface area (Å²) in [5.74, 6) is 0.485. The third kappa shape index (κ3) is 3.03. The van der Waals surface area contributed by atoms with E-state index in [2.05, 4.69) is 0 Å². The number of ether oxygens (including phenoxy) is 1. The summed E-state index contributed by atoms with van der Waals surface area (Å²) < 4.78 is 7.30. The minimum Gasteiger partial charge on any atom is -0.378 e. The lowest BCUT2D eigenvalue weighted by Crippen LogP contribution is -2.38. The number of fused-ring (bicyclic) bond motifs is 1. The fourth-order valence-corrected chi connectivity index (χ4v) is 2.42. The molecule has 5 nitrogen and oxygen atoms in total. The summed E-state index contributed by atoms with van der Waals surface area (Å²) in [5, 5.41) is 11.6. The zero-order valence-corrected chi connectivity index (χ0v) is 11.9. The molecular weight excluding hydrogens is 280 g/mol. The molecule has 1 aromatic heterocycles. The van der Waals surface area contributed by atoms with Crippen molar-refractivity contribution in [2.45, 2.75) is 6.54 Å². The van der Waals surface area contributed by atoms with Crippen LogP contribution in [0.4, 0.5) is 0 Å². The summed E-state index contributed by atoms with van der Waals surface area (Å²) >= 11 is 0. The average molecular weight is 295 g/mol. The lowest BCUT2D eigenvalue weighted by molar-refractivity contribution is -0.674. The molecule has 0 saturated carbocycles. The molecule has 0 spiro atoms. The molecule has 3 rings (SSSR count). The highest BCUT2D eigenvalue weighted by Gasteiger charge is 2.18. The molecule has 0 aliphatic heterocycles. The first-order chi connectivity index (χ1) is 10.7. The van der Waals surface area contributed by atoms with Gasteiger partial charge < -0.3 is 4.74 Å². The van der Waals surface area contributed by atoms with Crippen LogP contribution in [0.2, 0.25) is 0 Å². The van der Waals surface area contributed by atoms with Gasteiger partial charge in [-0.1, -0.05) is 42.5 Å². The van der Waals surface area contributed by atoms with Gasteiger partial charge in [-0.15, -0.1) is 0 Å². The molecule has 0 saturated heterocycles. The first-order valence-corrected chi connectivity index (χ1v) is 6.94. The van der Waals surface area contributed by atoms with Crippen molar-refractivity contribution in [1.29, 1.82) is 0 Å². The van der Waals surface area contributed by atoms with Crippen LogP contribution in [0.15, 0.2) is 66.7 Å². The van der Waals surface area contributed by atoms with Crippen LogP contribution in [0.3, 0.4) is 0 Å². The fourth-order valence-electron chi connectivity index (χ4n) is 2.42. The van der Waals surface area contributed by atoms with Gasteiger partial charge in [-0.3, -0.25) is 10.1 Å². The molecule has 0 N–H and O–H groups in total. The second-order valence-corrected chi connectivity index (χ2v) is 4.91. The Morgan fingerprint density at radius 3 is 2.45 bits per heavy atom. The van der Waals surface area contributed by atoms with E-state index < -0.39 is 11.7 Å². The van der Waals surface area contributed by atoms with Crippen LogP contribution in [0.1, 0.15) is 5.56 Å². The lowest BCUT2D eigenvalue weighted by Gasteiger charge is -2.06. The summed E-state index contributed by atoms with van der Waals surface area (Å²) in [4.78, 5) is 10.1. The van der Waals surface area contributed by atoms with Crippen LogP contribution in [0.5, 0.6) is 5.88 Å². The van der Waals surface area contributed by atoms with Crippen molar-refractivity contribution in [1.82, 2.24) is 0 Å². The lowest BCUT2D eigenvalue weighted by atomic mass is 10.2. The number of benzene rings is 2. The standard InChI is InChI=1S/C17H15N2O3/c20-19(21)13-22-17-11-10-15-8-4-5-9-16(15)18(17)12-14-6-2-1-3-7-14/h1-11H,12-13H2/q+1. The summed E-state index contributed by atoms with van der Waals surface area (Å²) in [6, 6.07) is 21.5. The van der Waals surface area contributed by atoms with Crippen molar-refractivity contribution in [3.8, 4) is 5.88 Å². The van der Waals surface area contributed by atoms with E-state index in [0.717, 1.165) is 16.5 Å². The van der Waals surface area contributed by atoms with Gasteiger partial charge in [0.2, 0.25) is 5.52 Å². The monoisotopic (exact) mass is 295 g/mol. The Labute approximate surface area is 127 Å². The van der Waals surface area contributed by atoms with E-state index >= 15 is 0 Å². The minimum atomic E-state index is -0.548. The Balaban J connectivity index is 2.05. The largest absolute Gasteiger partial charge is 0.378 e. The van der Waals surface area contributed by atoms with E-state index in [1.165, 1.54) is 0 Å². The van der Waals surface area contributed by atoms with E-state index in [9.17, 15) is 10.1 Å². The number of nitrogens with zero attached hydrogens (tertiary/aromatic N) is 2. The molecule has 1 heterocycles. The van der Waals surface area contributed by atoms with Crippen molar-refractivity contribution >= 4 is 10.9 Å². The van der Waals surface area contributed by atoms with Crippen LogP contribution in [-0.4, -0.2) is 11.7 Å². The predicted molar refractivity (Wildman–Crippen MR) is 82.2 cm³/mol. The highest BCUT2D eigenvalue weighted by atomic mass is 16.7. The van der Waals surface area contributed by atoms with Gasteiger partial charge in [-0.05, 0) is 12.1 Å². The fraction of sp³-hybridized carbons (Fsp3) is 0.118. The molecule has 0 unspecified atom stereocenters. The molecule has 0 aliphatic rings. The summed E-state index contributed by atoms with van der Waals surface area (Å²) in [6.45, 7) is 0.0440. The van der Waals surface area contributed by atoms with Gasteiger partial charge >= 0.3 is 12.6 Å². The molecule has 5 heteroatoms. The number of hydrogen-bond acceptors (Lipinski definition) is 3. The highest BCUT2D eigenvalue weighted by Crippen LogP contribution is 2.15. The maximum Gasteiger partial charge on any atom is 0.373 e. The molecule has 0 radical (unpaired) electrons. The third-order valence-electron chi connectivity index (χ3n) is 3.40. The molecule has 22 heavy (non-hydrogen) atoms. The Kier molecular flexibility index (Phi) is 3.96. The smallest absolute Gasteiger partial charge is 0.373 e. The quantitative estimate of drug-likeness (QED) is 0.315. The van der Waals surface area contributed by atoms with Gasteiger partial charge in [0.25, 0.3) is 0 Å². The predicted octanol–water partition coefficient (Wildman–Crippen LogP) is 2.79. The van der Waals surface area contributed by atoms with E-state index in [4.69, 9.17) is 4.74 Å². The minimum absolute atomic E-state index is 0.484. The van der Waals surface area contributed by atoms with Gasteiger partial charge in [0.05, 0.1) is 11.0 Å². The van der Waals surface area contributed by atoms with Crippen LogP contribution in [-0.2, 0) is 6.54 Å². The molecule has 0 fully saturated rings. The topological polar surface area (TPSA) is 56.3 Å². The number of rotatable bonds is 5. The van der Waals surface area contributed by atoms with E-state index in [1.54, 1.807) is 6.07 Å². The zero-order chi connectivity index (χ0) is 15.4. The van der Waals surface area contributed by atoms with Crippen LogP contribution < -0.4 is 9.30 Å². The highest BCUT2D eigenvalue weighted by molar-refractivity contribution is 5.75. The SMILES string of the molecule is O=[N+]([O-])COc1ccc2ccccc2[n+]1Cc1ccccc1. The van der Waals surface area contributed by atoms with Gasteiger partial charge in [-0.25, -0.2) is 0 Å². The molecule has 0 atom stereocenters. The molecule has 2 aromatic carbocycles. The summed E-state index contributed by atoms with van der Waals surface area (Å²) in [5.41, 5.74) is 2.09. The zero-order valence-electron chi connectivity index (χ0n) is 11.9.